The molecule has 0 saturated carbocycles. The first-order chi connectivity index (χ1) is 10.1. The Morgan fingerprint density at radius 2 is 2.19 bits per heavy atom. The first-order valence-corrected chi connectivity index (χ1v) is 8.29. The Morgan fingerprint density at radius 3 is 2.95 bits per heavy atom. The Kier molecular flexibility index (Phi) is 4.40. The molecule has 0 atom stereocenters. The average molecular weight is 385 g/mol. The smallest absolute Gasteiger partial charge is 0.258 e. The highest BCUT2D eigenvalue weighted by Gasteiger charge is 2.05. The molecule has 0 spiro atoms. The number of nitrogens with zero attached hydrogens (tertiary/aromatic N) is 1. The molecule has 1 aromatic carbocycles. The van der Waals surface area contributed by atoms with Crippen LogP contribution in [-0.2, 0) is 13.1 Å². The van der Waals surface area contributed by atoms with Crippen molar-refractivity contribution in [3.8, 4) is 0 Å². The van der Waals surface area contributed by atoms with Gasteiger partial charge < -0.3 is 10.3 Å². The second-order valence-electron chi connectivity index (χ2n) is 4.51. The van der Waals surface area contributed by atoms with Gasteiger partial charge in [0.05, 0.1) is 17.4 Å². The third-order valence-corrected chi connectivity index (χ3v) is 4.86. The number of rotatable bonds is 4. The van der Waals surface area contributed by atoms with Crippen LogP contribution in [0.5, 0.6) is 0 Å². The van der Waals surface area contributed by atoms with Gasteiger partial charge >= 0.3 is 0 Å². The largest absolute Gasteiger partial charge is 0.309 e. The number of hydrogen-bond acceptors (Lipinski definition) is 4. The number of aromatic nitrogens is 2. The molecule has 2 aromatic heterocycles. The molecule has 0 aliphatic heterocycles. The van der Waals surface area contributed by atoms with Gasteiger partial charge in [-0.3, -0.25) is 4.79 Å². The Balaban J connectivity index is 1.76. The van der Waals surface area contributed by atoms with Crippen LogP contribution in [0.2, 0.25) is 5.02 Å². The number of aromatic amines is 1. The molecule has 0 amide bonds. The number of benzene rings is 1. The van der Waals surface area contributed by atoms with E-state index in [0.717, 1.165) is 11.0 Å². The molecule has 0 radical (unpaired) electrons. The van der Waals surface area contributed by atoms with Crippen LogP contribution >= 0.6 is 38.9 Å². The summed E-state index contributed by atoms with van der Waals surface area (Å²) in [5.41, 5.74) is 0.467. The van der Waals surface area contributed by atoms with E-state index in [-0.39, 0.29) is 5.56 Å². The molecule has 21 heavy (non-hydrogen) atoms. The fraction of sp³-hybridized carbons (Fsp3) is 0.143. The van der Waals surface area contributed by atoms with Gasteiger partial charge in [0.1, 0.15) is 5.82 Å². The van der Waals surface area contributed by atoms with Gasteiger partial charge in [-0.2, -0.15) is 0 Å². The second-order valence-corrected chi connectivity index (χ2v) is 6.86. The van der Waals surface area contributed by atoms with Gasteiger partial charge in [0.2, 0.25) is 0 Å². The molecule has 0 fully saturated rings. The Hall–Kier alpha value is -1.21. The second kappa shape index (κ2) is 6.27. The van der Waals surface area contributed by atoms with Crippen molar-refractivity contribution in [2.24, 2.45) is 0 Å². The predicted molar refractivity (Wildman–Crippen MR) is 89.9 cm³/mol. The van der Waals surface area contributed by atoms with Crippen molar-refractivity contribution in [2.75, 3.05) is 0 Å². The molecular formula is C14H11BrClN3OS. The van der Waals surface area contributed by atoms with E-state index in [2.05, 4.69) is 37.3 Å². The maximum Gasteiger partial charge on any atom is 0.258 e. The Labute approximate surface area is 138 Å². The first-order valence-electron chi connectivity index (χ1n) is 6.24. The zero-order chi connectivity index (χ0) is 14.8. The normalized spacial score (nSPS) is 11.1. The molecular weight excluding hydrogens is 374 g/mol. The highest BCUT2D eigenvalue weighted by molar-refractivity contribution is 9.10. The maximum absolute atomic E-state index is 12.0. The van der Waals surface area contributed by atoms with Gasteiger partial charge in [-0.25, -0.2) is 4.98 Å². The van der Waals surface area contributed by atoms with E-state index in [1.807, 2.05) is 5.38 Å². The lowest BCUT2D eigenvalue weighted by Gasteiger charge is -2.04. The third-order valence-electron chi connectivity index (χ3n) is 2.93. The molecule has 2 heterocycles. The van der Waals surface area contributed by atoms with E-state index < -0.39 is 0 Å². The molecule has 0 saturated heterocycles. The molecule has 7 heteroatoms. The van der Waals surface area contributed by atoms with E-state index >= 15 is 0 Å². The number of halogens is 2. The van der Waals surface area contributed by atoms with Crippen molar-refractivity contribution in [3.05, 3.63) is 60.2 Å². The standard InChI is InChI=1S/C14H11BrClN3OS/c15-8-3-10(21-7-8)5-17-6-13-18-12-4-9(16)1-2-11(12)14(20)19-13/h1-4,7,17H,5-6H2,(H,18,19,20). The van der Waals surface area contributed by atoms with E-state index in [1.165, 1.54) is 4.88 Å². The Morgan fingerprint density at radius 1 is 1.33 bits per heavy atom. The first kappa shape index (κ1) is 14.7. The van der Waals surface area contributed by atoms with Gasteiger partial charge in [0.25, 0.3) is 5.56 Å². The van der Waals surface area contributed by atoms with Crippen LogP contribution in [0, 0.1) is 0 Å². The van der Waals surface area contributed by atoms with Crippen LogP contribution in [-0.4, -0.2) is 9.97 Å². The minimum atomic E-state index is -0.146. The quantitative estimate of drug-likeness (QED) is 0.721. The average Bonchev–Trinajstić information content (AvgIpc) is 2.84. The number of hydrogen-bond donors (Lipinski definition) is 2. The summed E-state index contributed by atoms with van der Waals surface area (Å²) in [6.07, 6.45) is 0. The van der Waals surface area contributed by atoms with E-state index in [9.17, 15) is 4.79 Å². The summed E-state index contributed by atoms with van der Waals surface area (Å²) in [6.45, 7) is 1.22. The minimum absolute atomic E-state index is 0.146. The van der Waals surface area contributed by atoms with Crippen LogP contribution in [0.15, 0.2) is 38.9 Å². The van der Waals surface area contributed by atoms with Crippen LogP contribution in [0.4, 0.5) is 0 Å². The third kappa shape index (κ3) is 3.52. The van der Waals surface area contributed by atoms with Crippen molar-refractivity contribution in [1.82, 2.24) is 15.3 Å². The van der Waals surface area contributed by atoms with Crippen LogP contribution in [0.25, 0.3) is 10.9 Å². The monoisotopic (exact) mass is 383 g/mol. The van der Waals surface area contributed by atoms with Crippen LogP contribution in [0.1, 0.15) is 10.7 Å². The molecule has 2 N–H and O–H groups in total. The molecule has 108 valence electrons. The number of nitrogens with one attached hydrogen (secondary N) is 2. The van der Waals surface area contributed by atoms with Crippen molar-refractivity contribution in [1.29, 1.82) is 0 Å². The summed E-state index contributed by atoms with van der Waals surface area (Å²) in [7, 11) is 0. The van der Waals surface area contributed by atoms with Crippen LogP contribution in [0.3, 0.4) is 0 Å². The topological polar surface area (TPSA) is 57.8 Å². The molecule has 4 nitrogen and oxygen atoms in total. The van der Waals surface area contributed by atoms with Gasteiger partial charge in [0, 0.05) is 26.3 Å². The lowest BCUT2D eigenvalue weighted by atomic mass is 10.2. The number of fused-ring (bicyclic) bond motifs is 1. The van der Waals surface area contributed by atoms with Crippen LogP contribution < -0.4 is 10.9 Å². The summed E-state index contributed by atoms with van der Waals surface area (Å²) in [4.78, 5) is 20.4. The van der Waals surface area contributed by atoms with Crippen molar-refractivity contribution in [2.45, 2.75) is 13.1 Å². The van der Waals surface area contributed by atoms with Gasteiger partial charge in [-0.15, -0.1) is 11.3 Å². The highest BCUT2D eigenvalue weighted by Crippen LogP contribution is 2.19. The fourth-order valence-corrected chi connectivity index (χ4v) is 3.58. The Bertz CT molecular complexity index is 846. The summed E-state index contributed by atoms with van der Waals surface area (Å²) in [5.74, 6) is 0.602. The van der Waals surface area contributed by atoms with Gasteiger partial charge in [0.15, 0.2) is 0 Å². The maximum atomic E-state index is 12.0. The highest BCUT2D eigenvalue weighted by atomic mass is 79.9. The molecule has 0 aliphatic rings. The summed E-state index contributed by atoms with van der Waals surface area (Å²) in [6, 6.07) is 7.14. The fourth-order valence-electron chi connectivity index (χ4n) is 2.00. The zero-order valence-electron chi connectivity index (χ0n) is 10.8. The lowest BCUT2D eigenvalue weighted by Crippen LogP contribution is -2.19. The van der Waals surface area contributed by atoms with Crippen molar-refractivity contribution in [3.63, 3.8) is 0 Å². The molecule has 0 aliphatic carbocycles. The van der Waals surface area contributed by atoms with Crippen molar-refractivity contribution < 1.29 is 0 Å². The van der Waals surface area contributed by atoms with E-state index in [0.29, 0.717) is 28.3 Å². The van der Waals surface area contributed by atoms with Crippen molar-refractivity contribution >= 4 is 49.8 Å². The molecule has 3 rings (SSSR count). The number of thiophene rings is 1. The SMILES string of the molecule is O=c1[nH]c(CNCc2cc(Br)cs2)nc2cc(Cl)ccc12. The summed E-state index contributed by atoms with van der Waals surface area (Å²) < 4.78 is 1.08. The summed E-state index contributed by atoms with van der Waals surface area (Å²) in [5, 5.41) is 6.42. The molecule has 3 aromatic rings. The molecule has 0 bridgehead atoms. The van der Waals surface area contributed by atoms with Gasteiger partial charge in [-0.05, 0) is 40.2 Å². The zero-order valence-corrected chi connectivity index (χ0v) is 14.0. The molecule has 0 unspecified atom stereocenters. The predicted octanol–water partition coefficient (Wildman–Crippen LogP) is 3.69. The number of H-pyrrole nitrogens is 1. The van der Waals surface area contributed by atoms with Gasteiger partial charge in [-0.1, -0.05) is 11.6 Å². The van der Waals surface area contributed by atoms with E-state index in [1.54, 1.807) is 29.5 Å². The summed E-state index contributed by atoms with van der Waals surface area (Å²) >= 11 is 11.0. The minimum Gasteiger partial charge on any atom is -0.309 e. The lowest BCUT2D eigenvalue weighted by molar-refractivity contribution is 0.669. The van der Waals surface area contributed by atoms with E-state index in [4.69, 9.17) is 11.6 Å².